The molecule has 0 aliphatic heterocycles. The Hall–Kier alpha value is -1.82. The maximum atomic E-state index is 11.8. The first-order chi connectivity index (χ1) is 11.2. The minimum absolute atomic E-state index is 0.0710. The zero-order valence-corrected chi connectivity index (χ0v) is 16.1. The van der Waals surface area contributed by atoms with E-state index in [4.69, 9.17) is 0 Å². The third kappa shape index (κ3) is 4.17. The highest BCUT2D eigenvalue weighted by Crippen LogP contribution is 2.27. The van der Waals surface area contributed by atoms with Gasteiger partial charge < -0.3 is 9.47 Å². The summed E-state index contributed by atoms with van der Waals surface area (Å²) >= 11 is 1.43. The zero-order chi connectivity index (χ0) is 17.9. The van der Waals surface area contributed by atoms with Gasteiger partial charge in [0.1, 0.15) is 0 Å². The molecule has 0 bridgehead atoms. The lowest BCUT2D eigenvalue weighted by Gasteiger charge is -2.19. The van der Waals surface area contributed by atoms with E-state index >= 15 is 0 Å². The Labute approximate surface area is 148 Å². The number of nitrogens with zero attached hydrogens (tertiary/aromatic N) is 4. The second-order valence-corrected chi connectivity index (χ2v) is 7.90. The van der Waals surface area contributed by atoms with Gasteiger partial charge in [-0.1, -0.05) is 56.8 Å². The molecule has 6 heteroatoms. The fourth-order valence-corrected chi connectivity index (χ4v) is 3.25. The number of hydrogen-bond donors (Lipinski definition) is 0. The number of carbonyl (C=O) groups is 1. The number of thioether (sulfide) groups is 1. The number of rotatable bonds is 5. The fraction of sp³-hybridized carbons (Fsp3) is 0.500. The van der Waals surface area contributed by atoms with Gasteiger partial charge in [0, 0.05) is 26.2 Å². The van der Waals surface area contributed by atoms with E-state index in [0.29, 0.717) is 5.75 Å². The third-order valence-electron chi connectivity index (χ3n) is 3.87. The van der Waals surface area contributed by atoms with Gasteiger partial charge >= 0.3 is 0 Å². The van der Waals surface area contributed by atoms with Crippen molar-refractivity contribution in [3.8, 4) is 11.4 Å². The van der Waals surface area contributed by atoms with Crippen LogP contribution >= 0.6 is 11.8 Å². The Kier molecular flexibility index (Phi) is 5.70. The van der Waals surface area contributed by atoms with Crippen LogP contribution in [0.2, 0.25) is 0 Å². The molecule has 0 N–H and O–H groups in total. The Morgan fingerprint density at radius 3 is 2.29 bits per heavy atom. The summed E-state index contributed by atoms with van der Waals surface area (Å²) < 4.78 is 2.06. The predicted octanol–water partition coefficient (Wildman–Crippen LogP) is 3.44. The van der Waals surface area contributed by atoms with Gasteiger partial charge in [-0.15, -0.1) is 10.2 Å². The SMILES string of the molecule is CCn1c(SCC(=O)N(C)C)nnc1-c1ccc(C(C)(C)C)cc1. The van der Waals surface area contributed by atoms with Crippen molar-refractivity contribution in [3.63, 3.8) is 0 Å². The van der Waals surface area contributed by atoms with Crippen LogP contribution in [-0.2, 0) is 16.8 Å². The average Bonchev–Trinajstić information content (AvgIpc) is 2.94. The summed E-state index contributed by atoms with van der Waals surface area (Å²) in [5.41, 5.74) is 2.47. The standard InChI is InChI=1S/C18H26N4OS/c1-7-22-16(13-8-10-14(11-9-13)18(2,3)4)19-20-17(22)24-12-15(23)21(5)6/h8-11H,7,12H2,1-6H3. The molecule has 0 atom stereocenters. The first-order valence-corrected chi connectivity index (χ1v) is 9.09. The van der Waals surface area contributed by atoms with Gasteiger partial charge in [0.2, 0.25) is 5.91 Å². The Morgan fingerprint density at radius 2 is 1.79 bits per heavy atom. The molecular weight excluding hydrogens is 320 g/mol. The molecule has 0 aliphatic carbocycles. The van der Waals surface area contributed by atoms with E-state index in [9.17, 15) is 4.79 Å². The van der Waals surface area contributed by atoms with Crippen LogP contribution in [0.4, 0.5) is 0 Å². The van der Waals surface area contributed by atoms with Crippen LogP contribution in [0.5, 0.6) is 0 Å². The summed E-state index contributed by atoms with van der Waals surface area (Å²) in [6.45, 7) is 9.43. The van der Waals surface area contributed by atoms with Crippen LogP contribution in [0.15, 0.2) is 29.4 Å². The molecule has 0 radical (unpaired) electrons. The van der Waals surface area contributed by atoms with Gasteiger partial charge in [-0.3, -0.25) is 4.79 Å². The van der Waals surface area contributed by atoms with Crippen molar-refractivity contribution in [1.29, 1.82) is 0 Å². The largest absolute Gasteiger partial charge is 0.348 e. The maximum absolute atomic E-state index is 11.8. The highest BCUT2D eigenvalue weighted by molar-refractivity contribution is 7.99. The lowest BCUT2D eigenvalue weighted by atomic mass is 9.87. The highest BCUT2D eigenvalue weighted by atomic mass is 32.2. The Bertz CT molecular complexity index is 699. The van der Waals surface area contributed by atoms with E-state index < -0.39 is 0 Å². The van der Waals surface area contributed by atoms with Gasteiger partial charge in [0.25, 0.3) is 0 Å². The van der Waals surface area contributed by atoms with E-state index in [2.05, 4.69) is 66.7 Å². The van der Waals surface area contributed by atoms with E-state index in [1.54, 1.807) is 19.0 Å². The van der Waals surface area contributed by atoms with Crippen molar-refractivity contribution in [2.45, 2.75) is 44.8 Å². The van der Waals surface area contributed by atoms with E-state index in [-0.39, 0.29) is 11.3 Å². The smallest absolute Gasteiger partial charge is 0.232 e. The van der Waals surface area contributed by atoms with Crippen molar-refractivity contribution >= 4 is 17.7 Å². The van der Waals surface area contributed by atoms with Gasteiger partial charge in [0.15, 0.2) is 11.0 Å². The first-order valence-electron chi connectivity index (χ1n) is 8.11. The second kappa shape index (κ2) is 7.38. The lowest BCUT2D eigenvalue weighted by molar-refractivity contribution is -0.125. The highest BCUT2D eigenvalue weighted by Gasteiger charge is 2.17. The minimum Gasteiger partial charge on any atom is -0.348 e. The summed E-state index contributed by atoms with van der Waals surface area (Å²) in [7, 11) is 3.52. The molecule has 0 saturated carbocycles. The summed E-state index contributed by atoms with van der Waals surface area (Å²) in [6.07, 6.45) is 0. The monoisotopic (exact) mass is 346 g/mol. The summed E-state index contributed by atoms with van der Waals surface area (Å²) in [4.78, 5) is 13.4. The molecule has 0 fully saturated rings. The summed E-state index contributed by atoms with van der Waals surface area (Å²) in [5, 5.41) is 9.39. The molecule has 0 unspecified atom stereocenters. The van der Waals surface area contributed by atoms with Crippen molar-refractivity contribution in [2.24, 2.45) is 0 Å². The lowest BCUT2D eigenvalue weighted by Crippen LogP contribution is -2.23. The molecular formula is C18H26N4OS. The quantitative estimate of drug-likeness (QED) is 0.778. The van der Waals surface area contributed by atoms with Crippen LogP contribution in [0.25, 0.3) is 11.4 Å². The fourth-order valence-electron chi connectivity index (χ4n) is 2.27. The molecule has 1 aromatic heterocycles. The molecule has 5 nitrogen and oxygen atoms in total. The van der Waals surface area contributed by atoms with Crippen LogP contribution < -0.4 is 0 Å². The van der Waals surface area contributed by atoms with Crippen LogP contribution in [0.1, 0.15) is 33.3 Å². The average molecular weight is 347 g/mol. The first kappa shape index (κ1) is 18.5. The van der Waals surface area contributed by atoms with Crippen molar-refractivity contribution in [3.05, 3.63) is 29.8 Å². The molecule has 0 spiro atoms. The summed E-state index contributed by atoms with van der Waals surface area (Å²) in [6, 6.07) is 8.48. The Balaban J connectivity index is 2.24. The number of hydrogen-bond acceptors (Lipinski definition) is 4. The summed E-state index contributed by atoms with van der Waals surface area (Å²) in [5.74, 6) is 1.29. The van der Waals surface area contributed by atoms with E-state index in [1.165, 1.54) is 17.3 Å². The molecule has 24 heavy (non-hydrogen) atoms. The second-order valence-electron chi connectivity index (χ2n) is 6.95. The molecule has 1 amide bonds. The third-order valence-corrected chi connectivity index (χ3v) is 4.82. The van der Waals surface area contributed by atoms with Gasteiger partial charge in [-0.05, 0) is 17.9 Å². The Morgan fingerprint density at radius 1 is 1.17 bits per heavy atom. The number of benzene rings is 1. The predicted molar refractivity (Wildman–Crippen MR) is 99.3 cm³/mol. The van der Waals surface area contributed by atoms with E-state index in [1.807, 2.05) is 0 Å². The maximum Gasteiger partial charge on any atom is 0.232 e. The molecule has 1 heterocycles. The van der Waals surface area contributed by atoms with Crippen molar-refractivity contribution < 1.29 is 4.79 Å². The molecule has 1 aromatic carbocycles. The molecule has 0 aliphatic rings. The van der Waals surface area contributed by atoms with Crippen molar-refractivity contribution in [1.82, 2.24) is 19.7 Å². The number of amides is 1. The zero-order valence-electron chi connectivity index (χ0n) is 15.3. The number of aromatic nitrogens is 3. The molecule has 2 rings (SSSR count). The number of carbonyl (C=O) groups excluding carboxylic acids is 1. The normalized spacial score (nSPS) is 11.6. The molecule has 2 aromatic rings. The molecule has 0 saturated heterocycles. The topological polar surface area (TPSA) is 51.0 Å². The van der Waals surface area contributed by atoms with Crippen LogP contribution in [0, 0.1) is 0 Å². The minimum atomic E-state index is 0.0710. The van der Waals surface area contributed by atoms with Crippen LogP contribution in [0.3, 0.4) is 0 Å². The van der Waals surface area contributed by atoms with Crippen LogP contribution in [-0.4, -0.2) is 45.4 Å². The van der Waals surface area contributed by atoms with Gasteiger partial charge in [-0.25, -0.2) is 0 Å². The van der Waals surface area contributed by atoms with E-state index in [0.717, 1.165) is 23.1 Å². The van der Waals surface area contributed by atoms with Crippen molar-refractivity contribution in [2.75, 3.05) is 19.8 Å². The molecule has 130 valence electrons. The van der Waals surface area contributed by atoms with Gasteiger partial charge in [-0.2, -0.15) is 0 Å². The van der Waals surface area contributed by atoms with Gasteiger partial charge in [0.05, 0.1) is 5.75 Å².